The average Bonchev–Trinajstić information content (AvgIpc) is 2.89. The van der Waals surface area contributed by atoms with Gasteiger partial charge in [-0.15, -0.1) is 10.2 Å². The normalized spacial score (nSPS) is 14.5. The Morgan fingerprint density at radius 2 is 1.74 bits per heavy atom. The molecule has 1 fully saturated rings. The van der Waals surface area contributed by atoms with E-state index in [4.69, 9.17) is 4.74 Å². The lowest BCUT2D eigenvalue weighted by molar-refractivity contribution is -0.116. The number of amides is 1. The van der Waals surface area contributed by atoms with Crippen LogP contribution in [-0.2, 0) is 14.8 Å². The first-order chi connectivity index (χ1) is 16.9. The molecule has 2 heterocycles. The third-order valence-electron chi connectivity index (χ3n) is 5.83. The number of carbonyl (C=O) groups excluding carboxylic acids is 1. The Balaban J connectivity index is 1.37. The van der Waals surface area contributed by atoms with Gasteiger partial charge in [-0.3, -0.25) is 4.79 Å². The van der Waals surface area contributed by atoms with Gasteiger partial charge in [-0.2, -0.15) is 4.31 Å². The van der Waals surface area contributed by atoms with Gasteiger partial charge in [-0.05, 0) is 55.0 Å². The summed E-state index contributed by atoms with van der Waals surface area (Å²) < 4.78 is 33.0. The molecule has 4 rings (SSSR count). The highest BCUT2D eigenvalue weighted by Crippen LogP contribution is 2.24. The van der Waals surface area contributed by atoms with Crippen LogP contribution in [0.3, 0.4) is 0 Å². The molecule has 1 aromatic heterocycles. The predicted molar refractivity (Wildman–Crippen MR) is 135 cm³/mol. The van der Waals surface area contributed by atoms with Crippen LogP contribution in [0.1, 0.15) is 19.8 Å². The number of anilines is 2. The van der Waals surface area contributed by atoms with Crippen LogP contribution in [0, 0.1) is 0 Å². The van der Waals surface area contributed by atoms with Crippen molar-refractivity contribution in [1.82, 2.24) is 14.5 Å². The third kappa shape index (κ3) is 5.77. The summed E-state index contributed by atoms with van der Waals surface area (Å²) in [6.07, 6.45) is 1.18. The van der Waals surface area contributed by atoms with Crippen molar-refractivity contribution in [3.8, 4) is 17.0 Å². The van der Waals surface area contributed by atoms with Crippen LogP contribution in [0.4, 0.5) is 11.5 Å². The number of rotatable bonds is 8. The molecule has 1 aliphatic heterocycles. The lowest BCUT2D eigenvalue weighted by atomic mass is 10.1. The van der Waals surface area contributed by atoms with E-state index in [1.165, 1.54) is 16.4 Å². The van der Waals surface area contributed by atoms with Crippen molar-refractivity contribution in [2.24, 2.45) is 0 Å². The van der Waals surface area contributed by atoms with Gasteiger partial charge in [0.1, 0.15) is 5.75 Å². The monoisotopic (exact) mass is 495 g/mol. The number of benzene rings is 2. The number of carbonyl (C=O) groups is 1. The standard InChI is InChI=1S/C25H29N5O4S/c1-3-5-25(31)26-20-8-10-22(11-9-20)35(32,33)30-16-14-29(15-17-30)24-13-12-23(27-28-24)19-6-4-7-21(18-19)34-2/h4,6-13,18H,3,5,14-17H2,1-2H3,(H,26,31). The van der Waals surface area contributed by atoms with Gasteiger partial charge in [0.25, 0.3) is 0 Å². The van der Waals surface area contributed by atoms with Crippen LogP contribution in [-0.4, -0.2) is 62.1 Å². The van der Waals surface area contributed by atoms with E-state index in [0.29, 0.717) is 44.1 Å². The van der Waals surface area contributed by atoms with Gasteiger partial charge in [-0.1, -0.05) is 19.1 Å². The van der Waals surface area contributed by atoms with E-state index in [1.807, 2.05) is 48.2 Å². The first-order valence-corrected chi connectivity index (χ1v) is 13.0. The topological polar surface area (TPSA) is 105 Å². The molecule has 1 amide bonds. The van der Waals surface area contributed by atoms with Gasteiger partial charge in [0.05, 0.1) is 17.7 Å². The molecule has 2 aromatic carbocycles. The van der Waals surface area contributed by atoms with Crippen LogP contribution >= 0.6 is 0 Å². The van der Waals surface area contributed by atoms with Crippen LogP contribution in [0.25, 0.3) is 11.3 Å². The van der Waals surface area contributed by atoms with Crippen molar-refractivity contribution in [2.75, 3.05) is 43.5 Å². The Labute approximate surface area is 205 Å². The fourth-order valence-corrected chi connectivity index (χ4v) is 5.32. The van der Waals surface area contributed by atoms with Gasteiger partial charge in [0.15, 0.2) is 5.82 Å². The zero-order valence-electron chi connectivity index (χ0n) is 19.8. The molecule has 9 nitrogen and oxygen atoms in total. The maximum atomic E-state index is 13.1. The summed E-state index contributed by atoms with van der Waals surface area (Å²) in [5, 5.41) is 11.5. The summed E-state index contributed by atoms with van der Waals surface area (Å²) >= 11 is 0. The maximum absolute atomic E-state index is 13.1. The molecule has 0 aliphatic carbocycles. The number of nitrogens with zero attached hydrogens (tertiary/aromatic N) is 4. The first-order valence-electron chi connectivity index (χ1n) is 11.5. The molecule has 0 radical (unpaired) electrons. The van der Waals surface area contributed by atoms with Crippen molar-refractivity contribution in [2.45, 2.75) is 24.7 Å². The number of aromatic nitrogens is 2. The summed E-state index contributed by atoms with van der Waals surface area (Å²) in [4.78, 5) is 14.0. The molecule has 10 heteroatoms. The van der Waals surface area contributed by atoms with Crippen molar-refractivity contribution < 1.29 is 17.9 Å². The van der Waals surface area contributed by atoms with Crippen LogP contribution < -0.4 is 15.0 Å². The van der Waals surface area contributed by atoms with Crippen molar-refractivity contribution in [3.05, 3.63) is 60.7 Å². The minimum atomic E-state index is -3.63. The number of hydrogen-bond donors (Lipinski definition) is 1. The summed E-state index contributed by atoms with van der Waals surface area (Å²) in [7, 11) is -2.00. The number of piperazine rings is 1. The quantitative estimate of drug-likeness (QED) is 0.511. The number of sulfonamides is 1. The third-order valence-corrected chi connectivity index (χ3v) is 7.74. The van der Waals surface area contributed by atoms with Gasteiger partial charge in [-0.25, -0.2) is 8.42 Å². The Bertz CT molecular complexity index is 1260. The molecule has 0 bridgehead atoms. The maximum Gasteiger partial charge on any atom is 0.243 e. The fourth-order valence-electron chi connectivity index (χ4n) is 3.90. The molecule has 1 N–H and O–H groups in total. The van der Waals surface area contributed by atoms with Gasteiger partial charge < -0.3 is 15.0 Å². The Hall–Kier alpha value is -3.50. The van der Waals surface area contributed by atoms with Crippen LogP contribution in [0.5, 0.6) is 5.75 Å². The van der Waals surface area contributed by atoms with Gasteiger partial charge in [0, 0.05) is 43.9 Å². The highest BCUT2D eigenvalue weighted by Gasteiger charge is 2.29. The molecule has 0 unspecified atom stereocenters. The van der Waals surface area contributed by atoms with Crippen LogP contribution in [0.2, 0.25) is 0 Å². The fraction of sp³-hybridized carbons (Fsp3) is 0.320. The van der Waals surface area contributed by atoms with E-state index in [9.17, 15) is 13.2 Å². The lowest BCUT2D eigenvalue weighted by Gasteiger charge is -2.34. The number of hydrogen-bond acceptors (Lipinski definition) is 7. The summed E-state index contributed by atoms with van der Waals surface area (Å²) in [6.45, 7) is 3.64. The SMILES string of the molecule is CCCC(=O)Nc1ccc(S(=O)(=O)N2CCN(c3ccc(-c4cccc(OC)c4)nn3)CC2)cc1. The predicted octanol–water partition coefficient (Wildman–Crippen LogP) is 3.40. The van der Waals surface area contributed by atoms with E-state index in [2.05, 4.69) is 15.5 Å². The highest BCUT2D eigenvalue weighted by atomic mass is 32.2. The summed E-state index contributed by atoms with van der Waals surface area (Å²) in [5.41, 5.74) is 2.24. The number of methoxy groups -OCH3 is 1. The van der Waals surface area contributed by atoms with Crippen molar-refractivity contribution in [3.63, 3.8) is 0 Å². The largest absolute Gasteiger partial charge is 0.497 e. The zero-order valence-corrected chi connectivity index (χ0v) is 20.7. The second-order valence-corrected chi connectivity index (χ2v) is 10.2. The van der Waals surface area contributed by atoms with E-state index in [-0.39, 0.29) is 10.8 Å². The molecule has 1 aliphatic rings. The van der Waals surface area contributed by atoms with Gasteiger partial charge >= 0.3 is 0 Å². The molecule has 0 saturated carbocycles. The second kappa shape index (κ2) is 10.8. The van der Waals surface area contributed by atoms with E-state index in [1.54, 1.807) is 19.2 Å². The Morgan fingerprint density at radius 3 is 2.37 bits per heavy atom. The second-order valence-electron chi connectivity index (χ2n) is 8.22. The molecule has 184 valence electrons. The van der Waals surface area contributed by atoms with Crippen LogP contribution in [0.15, 0.2) is 65.6 Å². The molecule has 3 aromatic rings. The zero-order chi connectivity index (χ0) is 24.8. The van der Waals surface area contributed by atoms with E-state index in [0.717, 1.165) is 23.4 Å². The Morgan fingerprint density at radius 1 is 1.00 bits per heavy atom. The Kier molecular flexibility index (Phi) is 7.62. The molecule has 1 saturated heterocycles. The number of nitrogens with one attached hydrogen (secondary N) is 1. The molecule has 35 heavy (non-hydrogen) atoms. The highest BCUT2D eigenvalue weighted by molar-refractivity contribution is 7.89. The minimum absolute atomic E-state index is 0.0844. The molecular weight excluding hydrogens is 466 g/mol. The lowest BCUT2D eigenvalue weighted by Crippen LogP contribution is -2.49. The smallest absolute Gasteiger partial charge is 0.243 e. The van der Waals surface area contributed by atoms with Crippen molar-refractivity contribution in [1.29, 1.82) is 0 Å². The van der Waals surface area contributed by atoms with E-state index < -0.39 is 10.0 Å². The summed E-state index contributed by atoms with van der Waals surface area (Å²) in [5.74, 6) is 1.38. The minimum Gasteiger partial charge on any atom is -0.497 e. The van der Waals surface area contributed by atoms with Crippen molar-refractivity contribution >= 4 is 27.4 Å². The summed E-state index contributed by atoms with van der Waals surface area (Å²) in [6, 6.07) is 17.7. The van der Waals surface area contributed by atoms with Gasteiger partial charge in [0.2, 0.25) is 15.9 Å². The molecule has 0 spiro atoms. The average molecular weight is 496 g/mol. The molecular formula is C25H29N5O4S. The molecule has 0 atom stereocenters. The number of ether oxygens (including phenoxy) is 1. The first kappa shape index (κ1) is 24.6. The van der Waals surface area contributed by atoms with E-state index >= 15 is 0 Å².